The quantitative estimate of drug-likeness (QED) is 0.463. The van der Waals surface area contributed by atoms with Gasteiger partial charge in [0, 0.05) is 5.69 Å². The normalized spacial score (nSPS) is 11.1. The van der Waals surface area contributed by atoms with Crippen LogP contribution < -0.4 is 11.0 Å². The minimum atomic E-state index is -2.21. The van der Waals surface area contributed by atoms with Crippen molar-refractivity contribution in [3.05, 3.63) is 24.3 Å². The van der Waals surface area contributed by atoms with Gasteiger partial charge in [0.2, 0.25) is 5.30 Å². The van der Waals surface area contributed by atoms with Gasteiger partial charge in [-0.1, -0.05) is 0 Å². The summed E-state index contributed by atoms with van der Waals surface area (Å²) in [5, 5.41) is 0.407. The Kier molecular flexibility index (Phi) is 2.00. The van der Waals surface area contributed by atoms with Gasteiger partial charge in [-0.05, 0) is 28.8 Å². The Bertz CT molecular complexity index is 244. The molecule has 0 spiro atoms. The standard InChI is InChI=1S/C6H6NO2P/c7-5-1-3-6(4-2-5)10(8)9/h1-4H,7H2/p+1. The van der Waals surface area contributed by atoms with Crippen LogP contribution in [0.4, 0.5) is 5.69 Å². The summed E-state index contributed by atoms with van der Waals surface area (Å²) in [5.74, 6) is 0. The number of hydrogen-bond donors (Lipinski definition) is 2. The number of hydrogen-bond acceptors (Lipinski definition) is 2. The summed E-state index contributed by atoms with van der Waals surface area (Å²) >= 11 is 0. The third kappa shape index (κ3) is 1.53. The first-order chi connectivity index (χ1) is 4.70. The molecule has 1 unspecified atom stereocenters. The van der Waals surface area contributed by atoms with Gasteiger partial charge in [-0.15, -0.1) is 0 Å². The fourth-order valence-corrected chi connectivity index (χ4v) is 1.01. The first kappa shape index (κ1) is 7.19. The molecule has 0 radical (unpaired) electrons. The fraction of sp³-hybridized carbons (Fsp3) is 0. The van der Waals surface area contributed by atoms with E-state index in [-0.39, 0.29) is 0 Å². The van der Waals surface area contributed by atoms with Crippen molar-refractivity contribution in [3.63, 3.8) is 0 Å². The maximum atomic E-state index is 10.4. The molecule has 1 atom stereocenters. The van der Waals surface area contributed by atoms with Gasteiger partial charge in [-0.25, -0.2) is 0 Å². The highest BCUT2D eigenvalue weighted by Crippen LogP contribution is 2.12. The van der Waals surface area contributed by atoms with E-state index in [9.17, 15) is 4.57 Å². The zero-order chi connectivity index (χ0) is 7.56. The lowest BCUT2D eigenvalue weighted by Crippen LogP contribution is -1.95. The van der Waals surface area contributed by atoms with E-state index in [2.05, 4.69) is 0 Å². The first-order valence-corrected chi connectivity index (χ1v) is 3.93. The van der Waals surface area contributed by atoms with E-state index < -0.39 is 8.03 Å². The number of anilines is 1. The lowest BCUT2D eigenvalue weighted by molar-refractivity contribution is 0.513. The zero-order valence-electron chi connectivity index (χ0n) is 5.19. The summed E-state index contributed by atoms with van der Waals surface area (Å²) in [7, 11) is -2.21. The molecule has 1 rings (SSSR count). The Morgan fingerprint density at radius 3 is 2.20 bits per heavy atom. The monoisotopic (exact) mass is 156 g/mol. The smallest absolute Gasteiger partial charge is 0.399 e. The second kappa shape index (κ2) is 2.78. The lowest BCUT2D eigenvalue weighted by atomic mass is 10.3. The van der Waals surface area contributed by atoms with Crippen LogP contribution in [0.1, 0.15) is 0 Å². The van der Waals surface area contributed by atoms with Gasteiger partial charge >= 0.3 is 8.03 Å². The van der Waals surface area contributed by atoms with Crippen LogP contribution in [0.25, 0.3) is 0 Å². The van der Waals surface area contributed by atoms with Crippen LogP contribution in [0, 0.1) is 0 Å². The molecule has 0 aliphatic rings. The Hall–Kier alpha value is -0.920. The summed E-state index contributed by atoms with van der Waals surface area (Å²) in [4.78, 5) is 8.58. The Morgan fingerprint density at radius 1 is 1.30 bits per heavy atom. The average Bonchev–Trinajstić information content (AvgIpc) is 1.88. The molecule has 0 aliphatic heterocycles. The third-order valence-electron chi connectivity index (χ3n) is 1.11. The predicted molar refractivity (Wildman–Crippen MR) is 40.3 cm³/mol. The molecule has 52 valence electrons. The molecule has 1 aromatic carbocycles. The van der Waals surface area contributed by atoms with E-state index in [0.717, 1.165) is 0 Å². The molecule has 10 heavy (non-hydrogen) atoms. The van der Waals surface area contributed by atoms with Crippen LogP contribution in [-0.2, 0) is 4.57 Å². The molecule has 0 heterocycles. The van der Waals surface area contributed by atoms with Gasteiger partial charge in [0.25, 0.3) is 0 Å². The number of nitrogens with two attached hydrogens (primary N) is 1. The zero-order valence-corrected chi connectivity index (χ0v) is 6.08. The lowest BCUT2D eigenvalue weighted by Gasteiger charge is -1.86. The minimum Gasteiger partial charge on any atom is -0.399 e. The Labute approximate surface area is 59.4 Å². The molecule has 0 bridgehead atoms. The molecule has 0 saturated carbocycles. The van der Waals surface area contributed by atoms with E-state index in [1.807, 2.05) is 0 Å². The first-order valence-electron chi connectivity index (χ1n) is 2.72. The van der Waals surface area contributed by atoms with Gasteiger partial charge in [-0.2, -0.15) is 4.89 Å². The molecule has 1 aromatic rings. The molecule has 0 aliphatic carbocycles. The third-order valence-corrected chi connectivity index (χ3v) is 1.85. The molecule has 0 fully saturated rings. The van der Waals surface area contributed by atoms with Crippen molar-refractivity contribution in [1.29, 1.82) is 0 Å². The Balaban J connectivity index is 3.00. The molecule has 0 amide bonds. The number of benzene rings is 1. The topological polar surface area (TPSA) is 63.3 Å². The average molecular weight is 156 g/mol. The van der Waals surface area contributed by atoms with Crippen LogP contribution in [0.15, 0.2) is 24.3 Å². The van der Waals surface area contributed by atoms with Crippen LogP contribution in [0.5, 0.6) is 0 Å². The molecule has 0 aromatic heterocycles. The molecule has 0 saturated heterocycles. The van der Waals surface area contributed by atoms with E-state index in [1.54, 1.807) is 12.1 Å². The largest absolute Gasteiger partial charge is 0.546 e. The van der Waals surface area contributed by atoms with Crippen molar-refractivity contribution in [2.75, 3.05) is 5.73 Å². The van der Waals surface area contributed by atoms with Crippen molar-refractivity contribution in [1.82, 2.24) is 0 Å². The fourth-order valence-electron chi connectivity index (χ4n) is 0.602. The second-order valence-electron chi connectivity index (χ2n) is 1.86. The molecule has 4 heteroatoms. The SMILES string of the molecule is Nc1ccc([P+](=O)O)cc1. The van der Waals surface area contributed by atoms with E-state index in [0.29, 0.717) is 11.0 Å². The molecule has 3 nitrogen and oxygen atoms in total. The Morgan fingerprint density at radius 2 is 1.80 bits per heavy atom. The summed E-state index contributed by atoms with van der Waals surface area (Å²) < 4.78 is 10.4. The molecular formula is C6H7NO2P+. The summed E-state index contributed by atoms with van der Waals surface area (Å²) in [6.45, 7) is 0. The van der Waals surface area contributed by atoms with Crippen LogP contribution in [0.3, 0.4) is 0 Å². The summed E-state index contributed by atoms with van der Waals surface area (Å²) in [5.41, 5.74) is 5.95. The van der Waals surface area contributed by atoms with Crippen molar-refractivity contribution in [2.24, 2.45) is 0 Å². The van der Waals surface area contributed by atoms with Gasteiger partial charge < -0.3 is 5.73 Å². The van der Waals surface area contributed by atoms with Crippen LogP contribution in [0.2, 0.25) is 0 Å². The maximum absolute atomic E-state index is 10.4. The van der Waals surface area contributed by atoms with Gasteiger partial charge in [0.05, 0.1) is 0 Å². The number of rotatable bonds is 1. The van der Waals surface area contributed by atoms with E-state index >= 15 is 0 Å². The highest BCUT2D eigenvalue weighted by Gasteiger charge is 2.13. The summed E-state index contributed by atoms with van der Waals surface area (Å²) in [6.07, 6.45) is 0. The van der Waals surface area contributed by atoms with E-state index in [4.69, 9.17) is 10.6 Å². The highest BCUT2D eigenvalue weighted by molar-refractivity contribution is 7.47. The predicted octanol–water partition coefficient (Wildman–Crippen LogP) is 0.629. The summed E-state index contributed by atoms with van der Waals surface area (Å²) in [6, 6.07) is 6.26. The van der Waals surface area contributed by atoms with Crippen molar-refractivity contribution >= 4 is 19.0 Å². The van der Waals surface area contributed by atoms with Gasteiger partial charge in [0.15, 0.2) is 0 Å². The van der Waals surface area contributed by atoms with Crippen molar-refractivity contribution in [3.8, 4) is 0 Å². The van der Waals surface area contributed by atoms with Gasteiger partial charge in [0.1, 0.15) is 0 Å². The van der Waals surface area contributed by atoms with Crippen LogP contribution in [-0.4, -0.2) is 4.89 Å². The second-order valence-corrected chi connectivity index (χ2v) is 2.93. The molecular weight excluding hydrogens is 149 g/mol. The van der Waals surface area contributed by atoms with Crippen LogP contribution >= 0.6 is 8.03 Å². The van der Waals surface area contributed by atoms with Crippen molar-refractivity contribution in [2.45, 2.75) is 0 Å². The van der Waals surface area contributed by atoms with Crippen molar-refractivity contribution < 1.29 is 9.46 Å². The minimum absolute atomic E-state index is 0.407. The maximum Gasteiger partial charge on any atom is 0.546 e. The number of nitrogen functional groups attached to an aromatic ring is 1. The highest BCUT2D eigenvalue weighted by atomic mass is 31.1. The van der Waals surface area contributed by atoms with E-state index in [1.165, 1.54) is 12.1 Å². The van der Waals surface area contributed by atoms with Gasteiger partial charge in [-0.3, -0.25) is 0 Å². The molecule has 3 N–H and O–H groups in total.